The Kier molecular flexibility index (Phi) is 6.31. The number of carbonyl (C=O) groups is 1. The first kappa shape index (κ1) is 19.1. The molecule has 0 aliphatic heterocycles. The summed E-state index contributed by atoms with van der Waals surface area (Å²) in [6.07, 6.45) is -3.90. The number of carbonyl (C=O) groups excluding carboxylic acids is 1. The van der Waals surface area contributed by atoms with Gasteiger partial charge in [-0.2, -0.15) is 13.2 Å². The van der Waals surface area contributed by atoms with E-state index in [4.69, 9.17) is 21.1 Å². The predicted octanol–water partition coefficient (Wildman–Crippen LogP) is 5.65. The van der Waals surface area contributed by atoms with Crippen LogP contribution in [-0.4, -0.2) is 12.6 Å². The lowest BCUT2D eigenvalue weighted by Crippen LogP contribution is -2.08. The summed E-state index contributed by atoms with van der Waals surface area (Å²) < 4.78 is 49.5. The van der Waals surface area contributed by atoms with Gasteiger partial charge in [0.15, 0.2) is 0 Å². The molecule has 2 aromatic rings. The van der Waals surface area contributed by atoms with Crippen LogP contribution in [-0.2, 0) is 22.1 Å². The highest BCUT2D eigenvalue weighted by molar-refractivity contribution is 6.31. The fourth-order valence-corrected chi connectivity index (χ4v) is 2.47. The molecule has 0 unspecified atom stereocenters. The molecule has 0 saturated heterocycles. The number of halogens is 4. The summed E-state index contributed by atoms with van der Waals surface area (Å²) in [4.78, 5) is 11.3. The van der Waals surface area contributed by atoms with Gasteiger partial charge in [0.1, 0.15) is 17.1 Å². The summed E-state index contributed by atoms with van der Waals surface area (Å²) in [5.41, 5.74) is -0.161. The van der Waals surface area contributed by atoms with Crippen LogP contribution in [0.3, 0.4) is 0 Å². The molecule has 7 heteroatoms. The molecule has 0 spiro atoms. The molecule has 0 aromatic heterocycles. The van der Waals surface area contributed by atoms with Crippen LogP contribution in [0, 0.1) is 0 Å². The minimum atomic E-state index is -4.62. The molecule has 0 fully saturated rings. The van der Waals surface area contributed by atoms with E-state index < -0.39 is 16.8 Å². The van der Waals surface area contributed by atoms with Crippen molar-refractivity contribution in [1.29, 1.82) is 0 Å². The minimum Gasteiger partial charge on any atom is -0.466 e. The van der Waals surface area contributed by atoms with Crippen LogP contribution in [0.25, 0.3) is 0 Å². The van der Waals surface area contributed by atoms with Crippen molar-refractivity contribution in [2.24, 2.45) is 0 Å². The van der Waals surface area contributed by atoms with E-state index in [2.05, 4.69) is 0 Å². The molecule has 0 aliphatic rings. The highest BCUT2D eigenvalue weighted by Crippen LogP contribution is 2.42. The first-order chi connectivity index (χ1) is 11.8. The van der Waals surface area contributed by atoms with Gasteiger partial charge in [-0.1, -0.05) is 29.8 Å². The second-order valence-corrected chi connectivity index (χ2v) is 5.57. The molecule has 2 rings (SSSR count). The summed E-state index contributed by atoms with van der Waals surface area (Å²) in [6.45, 7) is 2.06. The number of esters is 1. The van der Waals surface area contributed by atoms with Gasteiger partial charge in [-0.15, -0.1) is 0 Å². The lowest BCUT2D eigenvalue weighted by molar-refractivity contribution is -0.143. The van der Waals surface area contributed by atoms with Crippen molar-refractivity contribution in [2.75, 3.05) is 6.61 Å². The third-order valence-electron chi connectivity index (χ3n) is 3.33. The van der Waals surface area contributed by atoms with Crippen molar-refractivity contribution in [1.82, 2.24) is 0 Å². The maximum Gasteiger partial charge on any atom is 0.421 e. The van der Waals surface area contributed by atoms with E-state index in [1.165, 1.54) is 12.1 Å². The van der Waals surface area contributed by atoms with Gasteiger partial charge in [0.05, 0.1) is 11.6 Å². The topological polar surface area (TPSA) is 35.5 Å². The van der Waals surface area contributed by atoms with Crippen LogP contribution in [0.2, 0.25) is 5.02 Å². The van der Waals surface area contributed by atoms with Crippen molar-refractivity contribution in [2.45, 2.75) is 25.9 Å². The smallest absolute Gasteiger partial charge is 0.421 e. The van der Waals surface area contributed by atoms with Crippen molar-refractivity contribution >= 4 is 17.6 Å². The lowest BCUT2D eigenvalue weighted by atomic mass is 10.1. The summed E-state index contributed by atoms with van der Waals surface area (Å²) in [6, 6.07) is 10.2. The molecule has 0 bridgehead atoms. The maximum atomic E-state index is 13.1. The van der Waals surface area contributed by atoms with E-state index in [1.807, 2.05) is 0 Å². The lowest BCUT2D eigenvalue weighted by Gasteiger charge is -2.15. The van der Waals surface area contributed by atoms with E-state index >= 15 is 0 Å². The van der Waals surface area contributed by atoms with Gasteiger partial charge < -0.3 is 9.47 Å². The Morgan fingerprint density at radius 3 is 2.40 bits per heavy atom. The van der Waals surface area contributed by atoms with Gasteiger partial charge in [0.2, 0.25) is 0 Å². The van der Waals surface area contributed by atoms with Crippen molar-refractivity contribution < 1.29 is 27.4 Å². The Morgan fingerprint density at radius 1 is 1.12 bits per heavy atom. The molecular formula is C18H16ClF3O3. The van der Waals surface area contributed by atoms with Gasteiger partial charge in [-0.3, -0.25) is 4.79 Å². The van der Waals surface area contributed by atoms with E-state index in [-0.39, 0.29) is 23.9 Å². The van der Waals surface area contributed by atoms with Gasteiger partial charge in [-0.25, -0.2) is 0 Å². The zero-order valence-electron chi connectivity index (χ0n) is 13.4. The van der Waals surface area contributed by atoms with E-state index in [0.29, 0.717) is 13.0 Å². The van der Waals surface area contributed by atoms with Crippen LogP contribution in [0.15, 0.2) is 42.5 Å². The highest BCUT2D eigenvalue weighted by atomic mass is 35.5. The molecule has 0 N–H and O–H groups in total. The number of alkyl halides is 3. The van der Waals surface area contributed by atoms with E-state index in [9.17, 15) is 18.0 Å². The van der Waals surface area contributed by atoms with Crippen molar-refractivity contribution in [3.8, 4) is 11.5 Å². The van der Waals surface area contributed by atoms with Crippen LogP contribution >= 0.6 is 11.6 Å². The number of benzene rings is 2. The van der Waals surface area contributed by atoms with E-state index in [1.54, 1.807) is 31.2 Å². The monoisotopic (exact) mass is 372 g/mol. The Hall–Kier alpha value is -2.21. The first-order valence-corrected chi connectivity index (χ1v) is 7.97. The predicted molar refractivity (Wildman–Crippen MR) is 87.9 cm³/mol. The molecule has 0 aliphatic carbocycles. The largest absolute Gasteiger partial charge is 0.466 e. The molecule has 0 atom stereocenters. The molecule has 25 heavy (non-hydrogen) atoms. The standard InChI is InChI=1S/C18H16ClF3O3/c1-2-24-16(23)11-8-12-6-9-13(10-7-12)25-15-5-3-4-14(19)17(15)18(20,21)22/h3-7,9-10H,2,8,11H2,1H3. The molecule has 2 aromatic carbocycles. The van der Waals surface area contributed by atoms with Crippen LogP contribution in [0.4, 0.5) is 13.2 Å². The van der Waals surface area contributed by atoms with Crippen LogP contribution in [0.5, 0.6) is 11.5 Å². The second kappa shape index (κ2) is 8.25. The zero-order valence-corrected chi connectivity index (χ0v) is 14.2. The van der Waals surface area contributed by atoms with Crippen LogP contribution < -0.4 is 4.74 Å². The number of hydrogen-bond donors (Lipinski definition) is 0. The third kappa shape index (κ3) is 5.39. The molecule has 0 heterocycles. The number of hydrogen-bond acceptors (Lipinski definition) is 3. The first-order valence-electron chi connectivity index (χ1n) is 7.59. The number of ether oxygens (including phenoxy) is 2. The fourth-order valence-electron chi connectivity index (χ4n) is 2.20. The van der Waals surface area contributed by atoms with Crippen molar-refractivity contribution in [3.63, 3.8) is 0 Å². The fraction of sp³-hybridized carbons (Fsp3) is 0.278. The van der Waals surface area contributed by atoms with Gasteiger partial charge in [0, 0.05) is 6.42 Å². The van der Waals surface area contributed by atoms with Gasteiger partial charge >= 0.3 is 12.1 Å². The normalized spacial score (nSPS) is 11.2. The summed E-state index contributed by atoms with van der Waals surface area (Å²) in [5, 5.41) is -0.420. The summed E-state index contributed by atoms with van der Waals surface area (Å²) in [7, 11) is 0. The van der Waals surface area contributed by atoms with Crippen molar-refractivity contribution in [3.05, 3.63) is 58.6 Å². The Bertz CT molecular complexity index is 727. The highest BCUT2D eigenvalue weighted by Gasteiger charge is 2.37. The number of rotatable bonds is 6. The molecule has 134 valence electrons. The molecule has 0 radical (unpaired) electrons. The average molecular weight is 373 g/mol. The van der Waals surface area contributed by atoms with Gasteiger partial charge in [-0.05, 0) is 43.2 Å². The Balaban J connectivity index is 2.10. The number of aryl methyl sites for hydroxylation is 1. The second-order valence-electron chi connectivity index (χ2n) is 5.16. The Morgan fingerprint density at radius 2 is 1.80 bits per heavy atom. The Labute approximate surface area is 148 Å². The van der Waals surface area contributed by atoms with Gasteiger partial charge in [0.25, 0.3) is 0 Å². The third-order valence-corrected chi connectivity index (χ3v) is 3.65. The zero-order chi connectivity index (χ0) is 18.4. The SMILES string of the molecule is CCOC(=O)CCc1ccc(Oc2cccc(Cl)c2C(F)(F)F)cc1. The maximum absolute atomic E-state index is 13.1. The summed E-state index contributed by atoms with van der Waals surface area (Å²) >= 11 is 5.66. The molecule has 0 saturated carbocycles. The molecule has 0 amide bonds. The van der Waals surface area contributed by atoms with E-state index in [0.717, 1.165) is 11.6 Å². The average Bonchev–Trinajstić information content (AvgIpc) is 2.53. The van der Waals surface area contributed by atoms with Crippen LogP contribution in [0.1, 0.15) is 24.5 Å². The summed E-state index contributed by atoms with van der Waals surface area (Å²) in [5.74, 6) is -0.413. The minimum absolute atomic E-state index is 0.237. The quantitative estimate of drug-likeness (QED) is 0.615. The molecular weight excluding hydrogens is 357 g/mol. The molecule has 3 nitrogen and oxygen atoms in total.